The van der Waals surface area contributed by atoms with Gasteiger partial charge in [0.15, 0.2) is 5.82 Å². The molecule has 1 aliphatic heterocycles. The van der Waals surface area contributed by atoms with Gasteiger partial charge in [0, 0.05) is 18.6 Å². The maximum Gasteiger partial charge on any atom is 0.157 e. The van der Waals surface area contributed by atoms with E-state index < -0.39 is 0 Å². The molecule has 0 spiro atoms. The smallest absolute Gasteiger partial charge is 0.157 e. The molecule has 12 heavy (non-hydrogen) atoms. The first-order valence-corrected chi connectivity index (χ1v) is 3.37. The molecule has 0 fully saturated rings. The minimum atomic E-state index is 0.421. The summed E-state index contributed by atoms with van der Waals surface area (Å²) in [6, 6.07) is 2.00. The average molecular weight is 159 g/mol. The molecule has 0 bridgehead atoms. The van der Waals surface area contributed by atoms with Crippen LogP contribution in [0.15, 0.2) is 24.9 Å². The van der Waals surface area contributed by atoms with Crippen LogP contribution < -0.4 is 0 Å². The predicted octanol–water partition coefficient (Wildman–Crippen LogP) is 1.21. The lowest BCUT2D eigenvalue weighted by Crippen LogP contribution is -1.91. The van der Waals surface area contributed by atoms with Crippen LogP contribution in [-0.4, -0.2) is 9.55 Å². The molecule has 4 heteroatoms. The van der Waals surface area contributed by atoms with Crippen LogP contribution in [0.4, 0.5) is 0 Å². The summed E-state index contributed by atoms with van der Waals surface area (Å²) in [5.41, 5.74) is 0.421. The molecule has 1 aromatic rings. The second-order valence-electron chi connectivity index (χ2n) is 2.22. The van der Waals surface area contributed by atoms with E-state index in [4.69, 9.17) is 10.00 Å². The fraction of sp³-hybridized carbons (Fsp3) is 0. The average Bonchev–Trinajstić information content (AvgIpc) is 2.46. The van der Waals surface area contributed by atoms with E-state index >= 15 is 0 Å². The quantitative estimate of drug-likeness (QED) is 0.571. The van der Waals surface area contributed by atoms with Crippen LogP contribution in [0, 0.1) is 11.3 Å². The Hall–Kier alpha value is -2.02. The van der Waals surface area contributed by atoms with Crippen LogP contribution in [-0.2, 0) is 4.74 Å². The molecule has 0 N–H and O–H groups in total. The molecule has 0 saturated carbocycles. The van der Waals surface area contributed by atoms with Gasteiger partial charge in [0.2, 0.25) is 0 Å². The highest BCUT2D eigenvalue weighted by atomic mass is 16.5. The Morgan fingerprint density at radius 3 is 3.33 bits per heavy atom. The topological polar surface area (TPSA) is 50.8 Å². The summed E-state index contributed by atoms with van der Waals surface area (Å²) >= 11 is 0. The van der Waals surface area contributed by atoms with Crippen LogP contribution in [0.5, 0.6) is 0 Å². The van der Waals surface area contributed by atoms with Crippen molar-refractivity contribution < 1.29 is 4.74 Å². The fourth-order valence-electron chi connectivity index (χ4n) is 0.979. The lowest BCUT2D eigenvalue weighted by atomic mass is 10.3. The largest absolute Gasteiger partial charge is 0.470 e. The third-order valence-electron chi connectivity index (χ3n) is 1.52. The van der Waals surface area contributed by atoms with Gasteiger partial charge in [0.1, 0.15) is 24.2 Å². The second kappa shape index (κ2) is 2.55. The molecule has 0 aromatic carbocycles. The summed E-state index contributed by atoms with van der Waals surface area (Å²) in [6.07, 6.45) is 7.96. The van der Waals surface area contributed by atoms with Crippen molar-refractivity contribution >= 4 is 11.8 Å². The molecular weight excluding hydrogens is 154 g/mol. The number of rotatable bonds is 0. The number of fused-ring (bicyclic) bond motifs is 1. The molecule has 0 saturated heterocycles. The van der Waals surface area contributed by atoms with Crippen LogP contribution in [0.25, 0.3) is 11.8 Å². The van der Waals surface area contributed by atoms with Crippen molar-refractivity contribution in [3.63, 3.8) is 0 Å². The number of aromatic nitrogens is 2. The summed E-state index contributed by atoms with van der Waals surface area (Å²) in [5.74, 6) is 0.603. The highest BCUT2D eigenvalue weighted by molar-refractivity contribution is 5.73. The Labute approximate surface area is 69.0 Å². The Bertz CT molecular complexity index is 395. The van der Waals surface area contributed by atoms with Crippen LogP contribution in [0.2, 0.25) is 0 Å². The van der Waals surface area contributed by atoms with Crippen molar-refractivity contribution in [3.05, 3.63) is 30.7 Å². The van der Waals surface area contributed by atoms with Crippen LogP contribution in [0.3, 0.4) is 0 Å². The zero-order chi connectivity index (χ0) is 8.39. The van der Waals surface area contributed by atoms with Crippen molar-refractivity contribution in [1.82, 2.24) is 9.55 Å². The van der Waals surface area contributed by atoms with Crippen molar-refractivity contribution in [3.8, 4) is 6.07 Å². The second-order valence-corrected chi connectivity index (χ2v) is 2.22. The highest BCUT2D eigenvalue weighted by Crippen LogP contribution is 2.14. The van der Waals surface area contributed by atoms with E-state index in [0.29, 0.717) is 11.4 Å². The van der Waals surface area contributed by atoms with Gasteiger partial charge in [-0.2, -0.15) is 5.26 Å². The monoisotopic (exact) mass is 159 g/mol. The molecule has 0 atom stereocenters. The molecule has 0 aliphatic carbocycles. The van der Waals surface area contributed by atoms with E-state index in [9.17, 15) is 0 Å². The van der Waals surface area contributed by atoms with Gasteiger partial charge >= 0.3 is 0 Å². The summed E-state index contributed by atoms with van der Waals surface area (Å²) in [6.45, 7) is 0. The highest BCUT2D eigenvalue weighted by Gasteiger charge is 2.08. The van der Waals surface area contributed by atoms with Crippen LogP contribution in [0.1, 0.15) is 5.82 Å². The van der Waals surface area contributed by atoms with Gasteiger partial charge in [-0.05, 0) is 0 Å². The Balaban J connectivity index is 2.60. The van der Waals surface area contributed by atoms with Gasteiger partial charge in [-0.15, -0.1) is 0 Å². The molecular formula is C8H5N3O. The number of hydrogen-bond donors (Lipinski definition) is 0. The third kappa shape index (κ3) is 0.883. The minimum absolute atomic E-state index is 0.421. The normalized spacial score (nSPS) is 13.8. The van der Waals surface area contributed by atoms with Crippen molar-refractivity contribution in [2.45, 2.75) is 0 Å². The van der Waals surface area contributed by atoms with E-state index in [1.165, 1.54) is 12.5 Å². The van der Waals surface area contributed by atoms with Crippen molar-refractivity contribution in [2.75, 3.05) is 0 Å². The van der Waals surface area contributed by atoms with Gasteiger partial charge < -0.3 is 9.30 Å². The molecule has 1 aliphatic rings. The first-order chi connectivity index (χ1) is 5.92. The Kier molecular flexibility index (Phi) is 1.42. The Morgan fingerprint density at radius 1 is 1.58 bits per heavy atom. The molecule has 0 amide bonds. The number of hydrogen-bond acceptors (Lipinski definition) is 3. The predicted molar refractivity (Wildman–Crippen MR) is 42.2 cm³/mol. The molecule has 2 heterocycles. The zero-order valence-electron chi connectivity index (χ0n) is 6.14. The lowest BCUT2D eigenvalue weighted by Gasteiger charge is -1.94. The summed E-state index contributed by atoms with van der Waals surface area (Å²) in [4.78, 5) is 4.01. The van der Waals surface area contributed by atoms with Crippen LogP contribution >= 0.6 is 0 Å². The van der Waals surface area contributed by atoms with E-state index in [2.05, 4.69) is 4.98 Å². The lowest BCUT2D eigenvalue weighted by molar-refractivity contribution is 0.409. The molecule has 2 rings (SSSR count). The van der Waals surface area contributed by atoms with Gasteiger partial charge in [-0.25, -0.2) is 4.98 Å². The Morgan fingerprint density at radius 2 is 2.50 bits per heavy atom. The summed E-state index contributed by atoms with van der Waals surface area (Å²) in [7, 11) is 0. The molecule has 1 aromatic heterocycles. The number of imidazole rings is 1. The maximum atomic E-state index is 8.70. The third-order valence-corrected chi connectivity index (χ3v) is 1.52. The molecule has 58 valence electrons. The van der Waals surface area contributed by atoms with Gasteiger partial charge in [-0.3, -0.25) is 0 Å². The van der Waals surface area contributed by atoms with Gasteiger partial charge in [-0.1, -0.05) is 0 Å². The molecule has 0 radical (unpaired) electrons. The minimum Gasteiger partial charge on any atom is -0.470 e. The molecule has 0 unspecified atom stereocenters. The van der Waals surface area contributed by atoms with E-state index in [0.717, 1.165) is 0 Å². The summed E-state index contributed by atoms with van der Waals surface area (Å²) < 4.78 is 6.64. The zero-order valence-corrected chi connectivity index (χ0v) is 6.14. The summed E-state index contributed by atoms with van der Waals surface area (Å²) in [5, 5.41) is 8.70. The maximum absolute atomic E-state index is 8.70. The van der Waals surface area contributed by atoms with Crippen molar-refractivity contribution in [2.24, 2.45) is 0 Å². The first-order valence-electron chi connectivity index (χ1n) is 3.37. The fourth-order valence-corrected chi connectivity index (χ4v) is 0.979. The van der Waals surface area contributed by atoms with Gasteiger partial charge in [0.25, 0.3) is 0 Å². The van der Waals surface area contributed by atoms with E-state index in [-0.39, 0.29) is 0 Å². The SMILES string of the molecule is N#CC1=COC=Cn2ccnc21. The number of nitrogens with zero attached hydrogens (tertiary/aromatic N) is 3. The van der Waals surface area contributed by atoms with Gasteiger partial charge in [0.05, 0.1) is 0 Å². The first kappa shape index (κ1) is 6.68. The standard InChI is InChI=1S/C8H5N3O/c9-5-7-6-12-4-3-11-2-1-10-8(7)11/h1-4,6H. The number of ether oxygens (including phenoxy) is 1. The molecule has 4 nitrogen and oxygen atoms in total. The van der Waals surface area contributed by atoms with E-state index in [1.54, 1.807) is 23.2 Å². The number of allylic oxidation sites excluding steroid dienone is 1. The van der Waals surface area contributed by atoms with E-state index in [1.807, 2.05) is 6.07 Å². The van der Waals surface area contributed by atoms with Crippen molar-refractivity contribution in [1.29, 1.82) is 5.26 Å². The number of nitriles is 1.